The number of benzene rings is 1. The molecule has 4 aromatic rings. The fourth-order valence-corrected chi connectivity index (χ4v) is 3.84. The third kappa shape index (κ3) is 4.10. The number of nitrogens with zero attached hydrogens (tertiary/aromatic N) is 3. The van der Waals surface area contributed by atoms with E-state index in [1.165, 1.54) is 33.1 Å². The number of hydrogen-bond donors (Lipinski definition) is 0. The Bertz CT molecular complexity index is 1180. The third-order valence-electron chi connectivity index (χ3n) is 3.85. The van der Waals surface area contributed by atoms with E-state index in [9.17, 15) is 9.59 Å². The van der Waals surface area contributed by atoms with Gasteiger partial charge in [0.15, 0.2) is 10.7 Å². The first kappa shape index (κ1) is 18.3. The van der Waals surface area contributed by atoms with Crippen LogP contribution in [0.4, 0.5) is 0 Å². The molecule has 3 aromatic heterocycles. The van der Waals surface area contributed by atoms with Crippen molar-refractivity contribution in [1.29, 1.82) is 0 Å². The second-order valence-electron chi connectivity index (χ2n) is 5.95. The summed E-state index contributed by atoms with van der Waals surface area (Å²) in [6.45, 7) is 2.19. The number of rotatable bonds is 6. The Kier molecular flexibility index (Phi) is 5.18. The molecular weight excluding hydrogens is 398 g/mol. The van der Waals surface area contributed by atoms with Crippen molar-refractivity contribution in [2.45, 2.75) is 20.1 Å². The van der Waals surface area contributed by atoms with Crippen LogP contribution in [0.3, 0.4) is 0 Å². The zero-order valence-corrected chi connectivity index (χ0v) is 16.5. The second-order valence-corrected chi connectivity index (χ2v) is 7.76. The van der Waals surface area contributed by atoms with Crippen LogP contribution in [0.2, 0.25) is 0 Å². The number of hydrogen-bond acceptors (Lipinski definition) is 8. The fraction of sp³-hybridized carbons (Fsp3) is 0.158. The quantitative estimate of drug-likeness (QED) is 0.450. The van der Waals surface area contributed by atoms with Gasteiger partial charge in [-0.2, -0.15) is 0 Å². The smallest absolute Gasteiger partial charge is 0.358 e. The van der Waals surface area contributed by atoms with Gasteiger partial charge in [-0.3, -0.25) is 9.20 Å². The zero-order valence-electron chi connectivity index (χ0n) is 14.8. The molecule has 0 unspecified atom stereocenters. The Morgan fingerprint density at radius 2 is 1.96 bits per heavy atom. The molecule has 0 fully saturated rings. The molecule has 0 radical (unpaired) electrons. The van der Waals surface area contributed by atoms with Gasteiger partial charge >= 0.3 is 5.97 Å². The lowest BCUT2D eigenvalue weighted by molar-refractivity contribution is 0.0461. The van der Waals surface area contributed by atoms with Gasteiger partial charge in [-0.1, -0.05) is 17.7 Å². The zero-order chi connectivity index (χ0) is 19.5. The van der Waals surface area contributed by atoms with E-state index in [2.05, 4.69) is 9.97 Å². The number of thiazole rings is 2. The van der Waals surface area contributed by atoms with Crippen LogP contribution in [0.5, 0.6) is 5.75 Å². The van der Waals surface area contributed by atoms with Gasteiger partial charge in [-0.05, 0) is 19.1 Å². The minimum atomic E-state index is -0.564. The molecule has 7 nitrogen and oxygen atoms in total. The molecule has 4 rings (SSSR count). The largest absolute Gasteiger partial charge is 0.486 e. The summed E-state index contributed by atoms with van der Waals surface area (Å²) in [5.41, 5.74) is 1.56. The molecule has 0 aliphatic carbocycles. The lowest BCUT2D eigenvalue weighted by atomic mass is 10.2. The maximum Gasteiger partial charge on any atom is 0.358 e. The van der Waals surface area contributed by atoms with Crippen molar-refractivity contribution in [2.75, 3.05) is 0 Å². The maximum atomic E-state index is 12.2. The summed E-state index contributed by atoms with van der Waals surface area (Å²) in [5.74, 6) is 0.178. The molecule has 0 N–H and O–H groups in total. The number of fused-ring (bicyclic) bond motifs is 1. The van der Waals surface area contributed by atoms with Gasteiger partial charge in [0.2, 0.25) is 0 Å². The standard InChI is InChI=1S/C19H15N3O4S2/c1-12-2-4-14(5-3-12)25-10-16-21-15(11-28-16)18(24)26-9-13-8-17(23)22-6-7-27-19(22)20-13/h2-8,11H,9-10H2,1H3. The average molecular weight is 413 g/mol. The highest BCUT2D eigenvalue weighted by molar-refractivity contribution is 7.15. The molecule has 28 heavy (non-hydrogen) atoms. The molecular formula is C19H15N3O4S2. The number of aryl methyl sites for hydroxylation is 1. The predicted octanol–water partition coefficient (Wildman–Crippen LogP) is 3.46. The van der Waals surface area contributed by atoms with E-state index >= 15 is 0 Å². The Balaban J connectivity index is 1.35. The van der Waals surface area contributed by atoms with E-state index < -0.39 is 5.97 Å². The molecule has 0 saturated carbocycles. The topological polar surface area (TPSA) is 82.8 Å². The van der Waals surface area contributed by atoms with E-state index in [0.717, 1.165) is 11.3 Å². The summed E-state index contributed by atoms with van der Waals surface area (Å²) >= 11 is 2.66. The molecule has 1 aromatic carbocycles. The van der Waals surface area contributed by atoms with E-state index in [1.54, 1.807) is 17.0 Å². The fourth-order valence-electron chi connectivity index (χ4n) is 2.43. The first-order chi connectivity index (χ1) is 13.6. The van der Waals surface area contributed by atoms with Crippen LogP contribution in [-0.2, 0) is 18.0 Å². The molecule has 0 aliphatic rings. The van der Waals surface area contributed by atoms with Crippen LogP contribution in [0.15, 0.2) is 52.1 Å². The van der Waals surface area contributed by atoms with Gasteiger partial charge in [0, 0.05) is 23.0 Å². The van der Waals surface area contributed by atoms with E-state index in [1.807, 2.05) is 31.2 Å². The normalized spacial score (nSPS) is 10.9. The SMILES string of the molecule is Cc1ccc(OCc2nc(C(=O)OCc3cc(=O)n4ccsc4n3)cs2)cc1. The summed E-state index contributed by atoms with van der Waals surface area (Å²) in [5, 5.41) is 4.07. The van der Waals surface area contributed by atoms with E-state index in [0.29, 0.717) is 15.7 Å². The number of aromatic nitrogens is 3. The van der Waals surface area contributed by atoms with E-state index in [-0.39, 0.29) is 24.5 Å². The van der Waals surface area contributed by atoms with Crippen LogP contribution >= 0.6 is 22.7 Å². The monoisotopic (exact) mass is 413 g/mol. The van der Waals surface area contributed by atoms with Crippen molar-refractivity contribution in [3.05, 3.63) is 79.6 Å². The maximum absolute atomic E-state index is 12.2. The van der Waals surface area contributed by atoms with Gasteiger partial charge in [-0.15, -0.1) is 22.7 Å². The lowest BCUT2D eigenvalue weighted by Crippen LogP contribution is -2.14. The van der Waals surface area contributed by atoms with Crippen LogP contribution in [0, 0.1) is 6.92 Å². The molecule has 0 saturated heterocycles. The van der Waals surface area contributed by atoms with Gasteiger partial charge in [0.05, 0.1) is 5.69 Å². The van der Waals surface area contributed by atoms with Crippen molar-refractivity contribution in [3.8, 4) is 5.75 Å². The van der Waals surface area contributed by atoms with Crippen molar-refractivity contribution in [3.63, 3.8) is 0 Å². The Hall–Kier alpha value is -3.04. The highest BCUT2D eigenvalue weighted by Crippen LogP contribution is 2.17. The lowest BCUT2D eigenvalue weighted by Gasteiger charge is -2.04. The molecule has 0 aliphatic heterocycles. The van der Waals surface area contributed by atoms with Gasteiger partial charge in [0.1, 0.15) is 24.0 Å². The molecule has 142 valence electrons. The summed E-state index contributed by atoms with van der Waals surface area (Å²) in [6.07, 6.45) is 1.65. The van der Waals surface area contributed by atoms with Crippen molar-refractivity contribution in [1.82, 2.24) is 14.4 Å². The first-order valence-electron chi connectivity index (χ1n) is 8.35. The van der Waals surface area contributed by atoms with Crippen LogP contribution in [0.1, 0.15) is 26.8 Å². The first-order valence-corrected chi connectivity index (χ1v) is 10.1. The Morgan fingerprint density at radius 1 is 1.14 bits per heavy atom. The van der Waals surface area contributed by atoms with Crippen molar-refractivity contribution < 1.29 is 14.3 Å². The second kappa shape index (κ2) is 7.91. The van der Waals surface area contributed by atoms with Crippen LogP contribution in [0.25, 0.3) is 4.96 Å². The average Bonchev–Trinajstić information content (AvgIpc) is 3.35. The highest BCUT2D eigenvalue weighted by atomic mass is 32.1. The van der Waals surface area contributed by atoms with Gasteiger partial charge in [0.25, 0.3) is 5.56 Å². The number of esters is 1. The summed E-state index contributed by atoms with van der Waals surface area (Å²) in [4.78, 5) is 33.3. The number of ether oxygens (including phenoxy) is 2. The van der Waals surface area contributed by atoms with Crippen molar-refractivity contribution in [2.24, 2.45) is 0 Å². The minimum absolute atomic E-state index is 0.0881. The number of carbonyl (C=O) groups excluding carboxylic acids is 1. The highest BCUT2D eigenvalue weighted by Gasteiger charge is 2.14. The van der Waals surface area contributed by atoms with Crippen LogP contribution in [-0.4, -0.2) is 20.3 Å². The Labute approximate surface area is 167 Å². The van der Waals surface area contributed by atoms with Gasteiger partial charge in [-0.25, -0.2) is 14.8 Å². The third-order valence-corrected chi connectivity index (χ3v) is 5.43. The van der Waals surface area contributed by atoms with Gasteiger partial charge < -0.3 is 9.47 Å². The molecule has 0 amide bonds. The summed E-state index contributed by atoms with van der Waals surface area (Å²) < 4.78 is 12.3. The molecule has 9 heteroatoms. The summed E-state index contributed by atoms with van der Waals surface area (Å²) in [7, 11) is 0. The Morgan fingerprint density at radius 3 is 2.79 bits per heavy atom. The van der Waals surface area contributed by atoms with Crippen molar-refractivity contribution >= 4 is 33.6 Å². The predicted molar refractivity (Wildman–Crippen MR) is 106 cm³/mol. The molecule has 0 bridgehead atoms. The number of carbonyl (C=O) groups is 1. The minimum Gasteiger partial charge on any atom is -0.486 e. The van der Waals surface area contributed by atoms with E-state index in [4.69, 9.17) is 9.47 Å². The molecule has 0 atom stereocenters. The molecule has 3 heterocycles. The summed E-state index contributed by atoms with van der Waals surface area (Å²) in [6, 6.07) is 9.06. The van der Waals surface area contributed by atoms with Crippen LogP contribution < -0.4 is 10.3 Å². The molecule has 0 spiro atoms.